The molecule has 0 fully saturated rings. The number of ether oxygens (including phenoxy) is 4. The first-order valence-electron chi connectivity index (χ1n) is 41.0. The van der Waals surface area contributed by atoms with Gasteiger partial charge in [0.15, 0.2) is 12.4 Å². The average molecular weight is 1360 g/mol. The fourth-order valence-corrected chi connectivity index (χ4v) is 11.8. The highest BCUT2D eigenvalue weighted by Gasteiger charge is 2.22. The van der Waals surface area contributed by atoms with Gasteiger partial charge in [-0.05, 0) is 103 Å². The Morgan fingerprint density at radius 1 is 0.320 bits per heavy atom. The Balaban J connectivity index is 3.98. The molecule has 0 aromatic rings. The highest BCUT2D eigenvalue weighted by Crippen LogP contribution is 2.19. The quantitative estimate of drug-likeness (QED) is 0.0195. The van der Waals surface area contributed by atoms with Gasteiger partial charge >= 0.3 is 11.9 Å². The van der Waals surface area contributed by atoms with Gasteiger partial charge in [0, 0.05) is 12.8 Å². The highest BCUT2D eigenvalue weighted by molar-refractivity contribution is 5.70. The molecule has 97 heavy (non-hydrogen) atoms. The summed E-state index contributed by atoms with van der Waals surface area (Å²) in [4.78, 5) is 37.6. The maximum absolute atomic E-state index is 13.0. The molecule has 0 heterocycles. The van der Waals surface area contributed by atoms with Crippen LogP contribution in [0.3, 0.4) is 0 Å². The van der Waals surface area contributed by atoms with Gasteiger partial charge in [-0.25, -0.2) is 0 Å². The maximum Gasteiger partial charge on any atom is 0.306 e. The number of hydrogen-bond donors (Lipinski definition) is 0. The van der Waals surface area contributed by atoms with Crippen molar-refractivity contribution in [3.05, 3.63) is 109 Å². The number of quaternary nitrogens is 1. The molecule has 0 amide bonds. The van der Waals surface area contributed by atoms with E-state index < -0.39 is 24.3 Å². The van der Waals surface area contributed by atoms with Crippen molar-refractivity contribution in [3.63, 3.8) is 0 Å². The summed E-state index contributed by atoms with van der Waals surface area (Å²) in [6, 6.07) is 0. The first-order valence-corrected chi connectivity index (χ1v) is 41.0. The van der Waals surface area contributed by atoms with Crippen molar-refractivity contribution in [1.82, 2.24) is 0 Å². The second kappa shape index (κ2) is 77.7. The van der Waals surface area contributed by atoms with E-state index in [1.54, 1.807) is 0 Å². The Kier molecular flexibility index (Phi) is 74.4. The summed E-state index contributed by atoms with van der Waals surface area (Å²) < 4.78 is 22.9. The van der Waals surface area contributed by atoms with Gasteiger partial charge in [-0.1, -0.05) is 367 Å². The van der Waals surface area contributed by atoms with Gasteiger partial charge in [0.05, 0.1) is 40.3 Å². The number of carbonyl (C=O) groups excluding carboxylic acids is 3. The van der Waals surface area contributed by atoms with Crippen LogP contribution >= 0.6 is 0 Å². The lowest BCUT2D eigenvalue weighted by molar-refractivity contribution is -0.870. The highest BCUT2D eigenvalue weighted by atomic mass is 16.7. The smallest absolute Gasteiger partial charge is 0.306 e. The molecule has 0 bridgehead atoms. The third-order valence-electron chi connectivity index (χ3n) is 18.0. The Morgan fingerprint density at radius 2 is 0.588 bits per heavy atom. The van der Waals surface area contributed by atoms with Crippen LogP contribution in [0.1, 0.15) is 373 Å². The van der Waals surface area contributed by atoms with E-state index in [0.717, 1.165) is 89.9 Å². The predicted octanol–water partition coefficient (Wildman–Crippen LogP) is 25.1. The molecule has 9 heteroatoms. The van der Waals surface area contributed by atoms with Crippen molar-refractivity contribution in [3.8, 4) is 0 Å². The third kappa shape index (κ3) is 79.2. The minimum absolute atomic E-state index is 0.145. The van der Waals surface area contributed by atoms with E-state index in [1.807, 2.05) is 21.1 Å². The van der Waals surface area contributed by atoms with Crippen LogP contribution in [0.15, 0.2) is 109 Å². The molecule has 0 aliphatic carbocycles. The number of carbonyl (C=O) groups is 3. The van der Waals surface area contributed by atoms with Gasteiger partial charge in [-0.15, -0.1) is 0 Å². The van der Waals surface area contributed by atoms with Crippen molar-refractivity contribution < 1.29 is 42.9 Å². The van der Waals surface area contributed by atoms with E-state index in [4.69, 9.17) is 18.9 Å². The van der Waals surface area contributed by atoms with Crippen molar-refractivity contribution in [2.75, 3.05) is 47.5 Å². The summed E-state index contributed by atoms with van der Waals surface area (Å²) in [5.74, 6) is -2.27. The van der Waals surface area contributed by atoms with Crippen LogP contribution in [0.25, 0.3) is 0 Å². The number of likely N-dealkylation sites (N-methyl/N-ethyl adjacent to an activating group) is 1. The molecule has 0 saturated heterocycles. The molecule has 2 atom stereocenters. The SMILES string of the molecule is CC/C=C\C/C=C\C/C=C\C/C=C\C/C=C\C/C=C\CCCCCCCCCCCCCCC(=O)OC(COC(=O)CCCCCCCCCCCCCCCCCCCCCCCCCCCC/C=C\C/C=C\C/C=C\CCCCCCC)COC(OCC[N+](C)(C)C)C(=O)[O-]. The molecule has 0 aromatic carbocycles. The molecule has 560 valence electrons. The molecular formula is C88H155NO8. The molecular weight excluding hydrogens is 1200 g/mol. The Hall–Kier alpha value is -4.05. The van der Waals surface area contributed by atoms with Crippen LogP contribution in [-0.2, 0) is 33.3 Å². The molecule has 9 nitrogen and oxygen atoms in total. The lowest BCUT2D eigenvalue weighted by Gasteiger charge is -2.26. The van der Waals surface area contributed by atoms with Crippen LogP contribution in [0, 0.1) is 0 Å². The number of allylic oxidation sites excluding steroid dienone is 18. The third-order valence-corrected chi connectivity index (χ3v) is 18.0. The number of esters is 2. The van der Waals surface area contributed by atoms with Crippen molar-refractivity contribution in [2.24, 2.45) is 0 Å². The number of rotatable bonds is 76. The standard InChI is InChI=1S/C88H155NO8/c1-6-8-10-12-14-16-18-20-22-24-26-28-30-32-34-36-38-39-40-41-42-43-44-45-46-47-49-50-52-54-56-58-60-62-64-66-68-70-72-74-76-78-85(90)95-82-84(83-96-88(87(92)93)94-81-80-89(3,4)5)97-86(91)79-77-75-73-71-69-67-65-63-61-59-57-55-53-51-48-37-35-33-31-29-27-25-23-21-19-17-15-13-11-9-7-2/h9,11,15,17-18,20-21,23-24,26-27,29-30,32-33,35,48,51,84,88H,6-8,10,12-14,16,19,22,25,28,31,34,36-47,49-50,52-83H2,1-5H3/b11-9-,17-15-,20-18-,23-21-,26-24-,29-27-,32-30-,35-33-,51-48-. The van der Waals surface area contributed by atoms with Gasteiger partial charge in [-0.2, -0.15) is 0 Å². The van der Waals surface area contributed by atoms with Gasteiger partial charge in [0.1, 0.15) is 13.2 Å². The topological polar surface area (TPSA) is 111 Å². The number of hydrogen-bond acceptors (Lipinski definition) is 8. The number of carboxylic acids is 1. The summed E-state index contributed by atoms with van der Waals surface area (Å²) in [5.41, 5.74) is 0. The monoisotopic (exact) mass is 1350 g/mol. The zero-order valence-corrected chi connectivity index (χ0v) is 64.2. The second-order valence-electron chi connectivity index (χ2n) is 28.7. The molecule has 0 rings (SSSR count). The lowest BCUT2D eigenvalue weighted by Crippen LogP contribution is -2.44. The predicted molar refractivity (Wildman–Crippen MR) is 417 cm³/mol. The number of unbranched alkanes of at least 4 members (excludes halogenated alkanes) is 43. The van der Waals surface area contributed by atoms with E-state index in [9.17, 15) is 19.5 Å². The average Bonchev–Trinajstić information content (AvgIpc) is 2.39. The summed E-state index contributed by atoms with van der Waals surface area (Å²) in [6.07, 6.45) is 106. The molecule has 0 saturated carbocycles. The second-order valence-corrected chi connectivity index (χ2v) is 28.7. The molecule has 0 aromatic heterocycles. The van der Waals surface area contributed by atoms with Crippen molar-refractivity contribution in [2.45, 2.75) is 386 Å². The fraction of sp³-hybridized carbons (Fsp3) is 0.761. The number of aliphatic carboxylic acids is 1. The first kappa shape index (κ1) is 93.0. The number of nitrogens with zero attached hydrogens (tertiary/aromatic N) is 1. The summed E-state index contributed by atoms with van der Waals surface area (Å²) in [6.45, 7) is 4.66. The Bertz CT molecular complexity index is 1970. The van der Waals surface area contributed by atoms with Crippen molar-refractivity contribution >= 4 is 17.9 Å². The van der Waals surface area contributed by atoms with Gasteiger partial charge in [0.2, 0.25) is 0 Å². The van der Waals surface area contributed by atoms with Crippen molar-refractivity contribution in [1.29, 1.82) is 0 Å². The molecule has 0 radical (unpaired) electrons. The molecule has 0 aliphatic rings. The minimum atomic E-state index is -1.63. The molecule has 0 N–H and O–H groups in total. The van der Waals surface area contributed by atoms with Crippen LogP contribution in [-0.4, -0.2) is 82.3 Å². The van der Waals surface area contributed by atoms with Crippen LogP contribution in [0.4, 0.5) is 0 Å². The van der Waals surface area contributed by atoms with E-state index in [1.165, 1.54) is 250 Å². The van der Waals surface area contributed by atoms with Crippen LogP contribution in [0.2, 0.25) is 0 Å². The largest absolute Gasteiger partial charge is 0.545 e. The lowest BCUT2D eigenvalue weighted by atomic mass is 10.0. The van der Waals surface area contributed by atoms with Gasteiger partial charge < -0.3 is 33.3 Å². The fourth-order valence-electron chi connectivity index (χ4n) is 11.8. The van der Waals surface area contributed by atoms with E-state index in [2.05, 4.69) is 123 Å². The van der Waals surface area contributed by atoms with E-state index >= 15 is 0 Å². The van der Waals surface area contributed by atoms with Gasteiger partial charge in [0.25, 0.3) is 0 Å². The van der Waals surface area contributed by atoms with Crippen LogP contribution in [0.5, 0.6) is 0 Å². The summed E-state index contributed by atoms with van der Waals surface area (Å²) in [5, 5.41) is 11.9. The Morgan fingerprint density at radius 3 is 0.876 bits per heavy atom. The molecule has 2 unspecified atom stereocenters. The maximum atomic E-state index is 13.0. The minimum Gasteiger partial charge on any atom is -0.545 e. The molecule has 0 aliphatic heterocycles. The zero-order valence-electron chi connectivity index (χ0n) is 64.2. The van der Waals surface area contributed by atoms with E-state index in [-0.39, 0.29) is 32.2 Å². The zero-order chi connectivity index (χ0) is 70.4. The van der Waals surface area contributed by atoms with E-state index in [0.29, 0.717) is 23.9 Å². The normalized spacial score (nSPS) is 13.2. The Labute approximate surface area is 600 Å². The summed E-state index contributed by atoms with van der Waals surface area (Å²) >= 11 is 0. The first-order chi connectivity index (χ1) is 47.6. The van der Waals surface area contributed by atoms with Crippen LogP contribution < -0.4 is 5.11 Å². The molecule has 0 spiro atoms. The summed E-state index contributed by atoms with van der Waals surface area (Å²) in [7, 11) is 5.94. The van der Waals surface area contributed by atoms with Gasteiger partial charge in [-0.3, -0.25) is 9.59 Å². The number of carboxylic acid groups (broad SMARTS) is 1.